The zero-order valence-corrected chi connectivity index (χ0v) is 8.72. The lowest BCUT2D eigenvalue weighted by atomic mass is 9.97. The fourth-order valence-electron chi connectivity index (χ4n) is 1.20. The largest absolute Gasteiger partial charge is 0.495 e. The molecule has 0 heterocycles. The van der Waals surface area contributed by atoms with Crippen LogP contribution in [0.5, 0.6) is 5.75 Å². The molecule has 72 valence electrons. The van der Waals surface area contributed by atoms with Gasteiger partial charge in [-0.2, -0.15) is 0 Å². The fraction of sp³-hybridized carbons (Fsp3) is 0.400. The van der Waals surface area contributed by atoms with Gasteiger partial charge in [-0.25, -0.2) is 0 Å². The molecule has 0 bridgehead atoms. The molecule has 1 aromatic rings. The number of para-hydroxylation sites is 1. The molecule has 2 nitrogen and oxygen atoms in total. The van der Waals surface area contributed by atoms with E-state index in [1.165, 1.54) is 7.11 Å². The third-order valence-corrected chi connectivity index (χ3v) is 2.13. The van der Waals surface area contributed by atoms with Crippen LogP contribution in [-0.4, -0.2) is 12.2 Å². The summed E-state index contributed by atoms with van der Waals surface area (Å²) in [6.45, 7) is 3.39. The van der Waals surface area contributed by atoms with Crippen LogP contribution in [-0.2, 0) is 5.60 Å². The van der Waals surface area contributed by atoms with Gasteiger partial charge in [0.15, 0.2) is 0 Å². The summed E-state index contributed by atoms with van der Waals surface area (Å²) in [7, 11) is 1.54. The minimum atomic E-state index is -0.934. The highest BCUT2D eigenvalue weighted by Crippen LogP contribution is 2.34. The first-order valence-corrected chi connectivity index (χ1v) is 4.40. The molecular formula is C10H13ClO2. The van der Waals surface area contributed by atoms with Crippen LogP contribution in [0.1, 0.15) is 19.4 Å². The van der Waals surface area contributed by atoms with Crippen LogP contribution >= 0.6 is 11.6 Å². The molecule has 0 spiro atoms. The molecule has 0 aliphatic heterocycles. The Bertz CT molecular complexity index is 302. The zero-order valence-electron chi connectivity index (χ0n) is 7.97. The molecule has 0 radical (unpaired) electrons. The standard InChI is InChI=1S/C10H13ClO2/c1-10(2,12)7-5-4-6-8(11)9(7)13-3/h4-6,12H,1-3H3. The number of hydrogen-bond donors (Lipinski definition) is 1. The van der Waals surface area contributed by atoms with E-state index in [1.54, 1.807) is 32.0 Å². The van der Waals surface area contributed by atoms with Crippen molar-refractivity contribution in [3.05, 3.63) is 28.8 Å². The van der Waals surface area contributed by atoms with Gasteiger partial charge < -0.3 is 9.84 Å². The topological polar surface area (TPSA) is 29.5 Å². The van der Waals surface area contributed by atoms with Crippen LogP contribution in [0.3, 0.4) is 0 Å². The van der Waals surface area contributed by atoms with Crippen molar-refractivity contribution >= 4 is 11.6 Å². The monoisotopic (exact) mass is 200 g/mol. The van der Waals surface area contributed by atoms with Crippen molar-refractivity contribution in [2.24, 2.45) is 0 Å². The molecule has 0 fully saturated rings. The summed E-state index contributed by atoms with van der Waals surface area (Å²) in [5, 5.41) is 10.3. The molecule has 0 atom stereocenters. The van der Waals surface area contributed by atoms with Crippen molar-refractivity contribution in [3.8, 4) is 5.75 Å². The van der Waals surface area contributed by atoms with Crippen molar-refractivity contribution in [1.29, 1.82) is 0 Å². The molecule has 0 amide bonds. The van der Waals surface area contributed by atoms with Gasteiger partial charge in [0.05, 0.1) is 17.7 Å². The molecule has 0 saturated heterocycles. The molecular weight excluding hydrogens is 188 g/mol. The van der Waals surface area contributed by atoms with E-state index >= 15 is 0 Å². The fourth-order valence-corrected chi connectivity index (χ4v) is 1.45. The predicted octanol–water partition coefficient (Wildman–Crippen LogP) is 2.58. The Morgan fingerprint density at radius 2 is 2.00 bits per heavy atom. The molecule has 0 aliphatic rings. The number of aliphatic hydroxyl groups is 1. The van der Waals surface area contributed by atoms with Gasteiger partial charge in [-0.1, -0.05) is 23.7 Å². The molecule has 13 heavy (non-hydrogen) atoms. The van der Waals surface area contributed by atoms with E-state index < -0.39 is 5.60 Å². The minimum Gasteiger partial charge on any atom is -0.495 e. The Balaban J connectivity index is 3.29. The van der Waals surface area contributed by atoms with Crippen LogP contribution in [0.15, 0.2) is 18.2 Å². The van der Waals surface area contributed by atoms with Crippen molar-refractivity contribution in [2.45, 2.75) is 19.4 Å². The molecule has 1 N–H and O–H groups in total. The number of hydrogen-bond acceptors (Lipinski definition) is 2. The van der Waals surface area contributed by atoms with E-state index in [4.69, 9.17) is 16.3 Å². The summed E-state index contributed by atoms with van der Waals surface area (Å²) < 4.78 is 5.11. The van der Waals surface area contributed by atoms with Crippen LogP contribution in [0, 0.1) is 0 Å². The molecule has 0 aromatic heterocycles. The number of ether oxygens (including phenoxy) is 1. The van der Waals surface area contributed by atoms with Gasteiger partial charge in [0.2, 0.25) is 0 Å². The van der Waals surface area contributed by atoms with Crippen molar-refractivity contribution in [3.63, 3.8) is 0 Å². The third kappa shape index (κ3) is 2.14. The summed E-state index contributed by atoms with van der Waals surface area (Å²) in [6.07, 6.45) is 0. The Hall–Kier alpha value is -0.730. The Labute approximate surface area is 83.1 Å². The number of benzene rings is 1. The van der Waals surface area contributed by atoms with E-state index in [9.17, 15) is 5.11 Å². The minimum absolute atomic E-state index is 0.516. The second-order valence-corrected chi connectivity index (χ2v) is 3.79. The molecule has 0 unspecified atom stereocenters. The quantitative estimate of drug-likeness (QED) is 0.795. The van der Waals surface area contributed by atoms with Crippen LogP contribution in [0.4, 0.5) is 0 Å². The molecule has 0 saturated carbocycles. The second-order valence-electron chi connectivity index (χ2n) is 3.38. The SMILES string of the molecule is COc1c(Cl)cccc1C(C)(C)O. The Morgan fingerprint density at radius 3 is 2.38 bits per heavy atom. The van der Waals surface area contributed by atoms with Gasteiger partial charge in [-0.15, -0.1) is 0 Å². The van der Waals surface area contributed by atoms with Crippen LogP contribution in [0.2, 0.25) is 5.02 Å². The smallest absolute Gasteiger partial charge is 0.143 e. The van der Waals surface area contributed by atoms with E-state index in [1.807, 2.05) is 0 Å². The number of methoxy groups -OCH3 is 1. The highest BCUT2D eigenvalue weighted by Gasteiger charge is 2.21. The number of halogens is 1. The lowest BCUT2D eigenvalue weighted by Gasteiger charge is -2.21. The number of rotatable bonds is 2. The predicted molar refractivity (Wildman–Crippen MR) is 53.2 cm³/mol. The van der Waals surface area contributed by atoms with Gasteiger partial charge in [-0.05, 0) is 19.9 Å². The highest BCUT2D eigenvalue weighted by molar-refractivity contribution is 6.32. The van der Waals surface area contributed by atoms with Crippen molar-refractivity contribution in [2.75, 3.05) is 7.11 Å². The first-order valence-electron chi connectivity index (χ1n) is 4.02. The normalized spacial score (nSPS) is 11.5. The Kier molecular flexibility index (Phi) is 2.84. The first kappa shape index (κ1) is 10.4. The van der Waals surface area contributed by atoms with E-state index in [0.29, 0.717) is 16.3 Å². The lowest BCUT2D eigenvalue weighted by Crippen LogP contribution is -2.16. The van der Waals surface area contributed by atoms with Crippen LogP contribution in [0.25, 0.3) is 0 Å². The van der Waals surface area contributed by atoms with E-state index in [2.05, 4.69) is 0 Å². The summed E-state index contributed by atoms with van der Waals surface area (Å²) in [6, 6.07) is 5.32. The summed E-state index contributed by atoms with van der Waals surface area (Å²) >= 11 is 5.90. The van der Waals surface area contributed by atoms with E-state index in [-0.39, 0.29) is 0 Å². The summed E-state index contributed by atoms with van der Waals surface area (Å²) in [4.78, 5) is 0. The Morgan fingerprint density at radius 1 is 1.38 bits per heavy atom. The highest BCUT2D eigenvalue weighted by atomic mass is 35.5. The molecule has 1 rings (SSSR count). The zero-order chi connectivity index (χ0) is 10.1. The van der Waals surface area contributed by atoms with Gasteiger partial charge >= 0.3 is 0 Å². The van der Waals surface area contributed by atoms with Crippen molar-refractivity contribution < 1.29 is 9.84 Å². The summed E-state index contributed by atoms with van der Waals surface area (Å²) in [5.74, 6) is 0.539. The molecule has 0 aliphatic carbocycles. The maximum Gasteiger partial charge on any atom is 0.143 e. The van der Waals surface area contributed by atoms with Crippen molar-refractivity contribution in [1.82, 2.24) is 0 Å². The van der Waals surface area contributed by atoms with Crippen LogP contribution < -0.4 is 4.74 Å². The third-order valence-electron chi connectivity index (χ3n) is 1.83. The second kappa shape index (κ2) is 3.56. The maximum atomic E-state index is 9.79. The molecule has 1 aromatic carbocycles. The lowest BCUT2D eigenvalue weighted by molar-refractivity contribution is 0.0757. The van der Waals surface area contributed by atoms with E-state index in [0.717, 1.165) is 0 Å². The molecule has 3 heteroatoms. The maximum absolute atomic E-state index is 9.79. The average Bonchev–Trinajstić information content (AvgIpc) is 2.02. The van der Waals surface area contributed by atoms with Gasteiger partial charge in [-0.3, -0.25) is 0 Å². The average molecular weight is 201 g/mol. The summed E-state index contributed by atoms with van der Waals surface area (Å²) in [5.41, 5.74) is -0.238. The van der Waals surface area contributed by atoms with Gasteiger partial charge in [0.25, 0.3) is 0 Å². The van der Waals surface area contributed by atoms with Gasteiger partial charge in [0, 0.05) is 5.56 Å². The van der Waals surface area contributed by atoms with Gasteiger partial charge in [0.1, 0.15) is 5.75 Å². The first-order chi connectivity index (χ1) is 5.96.